The van der Waals surface area contributed by atoms with Crippen molar-refractivity contribution in [3.05, 3.63) is 63.8 Å². The van der Waals surface area contributed by atoms with Crippen LogP contribution in [0.1, 0.15) is 34.7 Å². The lowest BCUT2D eigenvalue weighted by Crippen LogP contribution is -2.35. The number of anilines is 3. The van der Waals surface area contributed by atoms with Gasteiger partial charge in [0.1, 0.15) is 5.03 Å². The topological polar surface area (TPSA) is 104 Å². The molecular formula is C24H23Cl2N5O3S2. The molecule has 0 unspecified atom stereocenters. The quantitative estimate of drug-likeness (QED) is 0.413. The molecule has 0 aliphatic carbocycles. The Balaban J connectivity index is 1.41. The Labute approximate surface area is 223 Å². The van der Waals surface area contributed by atoms with Crippen LogP contribution in [0.15, 0.2) is 52.5 Å². The van der Waals surface area contributed by atoms with Gasteiger partial charge in [0.25, 0.3) is 5.91 Å². The molecule has 8 nitrogen and oxygen atoms in total. The number of hydrogen-bond donors (Lipinski definition) is 2. The molecule has 2 aromatic carbocycles. The monoisotopic (exact) mass is 563 g/mol. The SMILES string of the molecule is CS(=O)(=O)c1cc(Nc2ncc3c(n2)SCN(c2c(Cl)cccc2Cl)C3=O)ccc1C1CCNCC1. The molecule has 0 atom stereocenters. The molecule has 0 bridgehead atoms. The van der Waals surface area contributed by atoms with Gasteiger partial charge in [-0.05, 0) is 61.7 Å². The molecule has 1 amide bonds. The van der Waals surface area contributed by atoms with Gasteiger partial charge in [0.15, 0.2) is 9.84 Å². The Hall–Kier alpha value is -2.37. The van der Waals surface area contributed by atoms with Crippen LogP contribution in [0, 0.1) is 0 Å². The highest BCUT2D eigenvalue weighted by Gasteiger charge is 2.30. The molecule has 1 fully saturated rings. The van der Waals surface area contributed by atoms with E-state index in [1.807, 2.05) is 12.1 Å². The summed E-state index contributed by atoms with van der Waals surface area (Å²) in [5.41, 5.74) is 2.19. The van der Waals surface area contributed by atoms with Crippen molar-refractivity contribution in [2.75, 3.05) is 35.4 Å². The van der Waals surface area contributed by atoms with Crippen LogP contribution in [0.3, 0.4) is 0 Å². The Kier molecular flexibility index (Phi) is 7.15. The van der Waals surface area contributed by atoms with Gasteiger partial charge < -0.3 is 10.6 Å². The summed E-state index contributed by atoms with van der Waals surface area (Å²) in [6, 6.07) is 10.4. The number of nitrogens with one attached hydrogen (secondary N) is 2. The van der Waals surface area contributed by atoms with E-state index in [4.69, 9.17) is 23.2 Å². The van der Waals surface area contributed by atoms with E-state index in [0.29, 0.717) is 36.9 Å². The number of para-hydroxylation sites is 1. The summed E-state index contributed by atoms with van der Waals surface area (Å²) in [6.07, 6.45) is 4.47. The Bertz CT molecular complexity index is 1430. The zero-order valence-electron chi connectivity index (χ0n) is 19.3. The number of thioether (sulfide) groups is 1. The van der Waals surface area contributed by atoms with Crippen LogP contribution in [0.4, 0.5) is 17.3 Å². The number of rotatable bonds is 5. The molecule has 1 saturated heterocycles. The van der Waals surface area contributed by atoms with Gasteiger partial charge in [0, 0.05) is 18.1 Å². The number of aromatic nitrogens is 2. The second-order valence-corrected chi connectivity index (χ2v) is 12.4. The number of nitrogens with zero attached hydrogens (tertiary/aromatic N) is 3. The fourth-order valence-corrected chi connectivity index (χ4v) is 7.01. The van der Waals surface area contributed by atoms with Crippen LogP contribution in [0.25, 0.3) is 0 Å². The summed E-state index contributed by atoms with van der Waals surface area (Å²) in [7, 11) is -3.44. The van der Waals surface area contributed by atoms with Crippen LogP contribution in [0.2, 0.25) is 10.0 Å². The summed E-state index contributed by atoms with van der Waals surface area (Å²) in [5.74, 6) is 0.458. The summed E-state index contributed by atoms with van der Waals surface area (Å²) < 4.78 is 25.2. The van der Waals surface area contributed by atoms with Gasteiger partial charge in [-0.2, -0.15) is 0 Å². The first kappa shape index (κ1) is 25.3. The molecule has 36 heavy (non-hydrogen) atoms. The number of amides is 1. The predicted molar refractivity (Wildman–Crippen MR) is 144 cm³/mol. The Morgan fingerprint density at radius 2 is 1.86 bits per heavy atom. The molecule has 0 radical (unpaired) electrons. The highest BCUT2D eigenvalue weighted by atomic mass is 35.5. The van der Waals surface area contributed by atoms with Crippen molar-refractivity contribution >= 4 is 68.0 Å². The first-order chi connectivity index (χ1) is 17.2. The molecule has 0 spiro atoms. The van der Waals surface area contributed by atoms with E-state index in [2.05, 4.69) is 20.6 Å². The Morgan fingerprint density at radius 1 is 1.14 bits per heavy atom. The lowest BCUT2D eigenvalue weighted by molar-refractivity contribution is 0.0985. The first-order valence-corrected chi connectivity index (χ1v) is 14.9. The van der Waals surface area contributed by atoms with E-state index in [-0.39, 0.29) is 23.7 Å². The second-order valence-electron chi connectivity index (χ2n) is 8.66. The fraction of sp³-hybridized carbons (Fsp3) is 0.292. The van der Waals surface area contributed by atoms with Crippen molar-refractivity contribution in [2.45, 2.75) is 28.7 Å². The molecule has 3 heterocycles. The number of halogens is 2. The number of sulfone groups is 1. The highest BCUT2D eigenvalue weighted by molar-refractivity contribution is 7.99. The summed E-state index contributed by atoms with van der Waals surface area (Å²) in [4.78, 5) is 23.8. The predicted octanol–water partition coefficient (Wildman–Crippen LogP) is 5.11. The molecular weight excluding hydrogens is 541 g/mol. The minimum absolute atomic E-state index is 0.196. The van der Waals surface area contributed by atoms with Crippen molar-refractivity contribution in [3.8, 4) is 0 Å². The molecule has 2 aliphatic heterocycles. The van der Waals surface area contributed by atoms with E-state index in [1.165, 1.54) is 29.1 Å². The van der Waals surface area contributed by atoms with Gasteiger partial charge in [0.2, 0.25) is 5.95 Å². The van der Waals surface area contributed by atoms with E-state index in [1.54, 1.807) is 24.3 Å². The van der Waals surface area contributed by atoms with Crippen molar-refractivity contribution in [3.63, 3.8) is 0 Å². The summed E-state index contributed by atoms with van der Waals surface area (Å²) in [5, 5.41) is 7.69. The number of carbonyl (C=O) groups is 1. The standard InChI is InChI=1S/C24H23Cl2N5O3S2/c1-36(33,34)20-11-15(5-6-16(20)14-7-9-27-10-8-14)29-24-28-12-17-22(30-24)35-13-31(23(17)32)21-18(25)3-2-4-19(21)26/h2-6,11-12,14,27H,7-10,13H2,1H3,(H,28,29,30). The number of carbonyl (C=O) groups excluding carboxylic acids is 1. The fourth-order valence-electron chi connectivity index (χ4n) is 4.46. The number of piperidine rings is 1. The van der Waals surface area contributed by atoms with E-state index >= 15 is 0 Å². The van der Waals surface area contributed by atoms with Gasteiger partial charge in [-0.1, -0.05) is 47.1 Å². The average molecular weight is 565 g/mol. The van der Waals surface area contributed by atoms with E-state index in [9.17, 15) is 13.2 Å². The van der Waals surface area contributed by atoms with Gasteiger partial charge in [-0.25, -0.2) is 18.4 Å². The summed E-state index contributed by atoms with van der Waals surface area (Å²) in [6.45, 7) is 1.74. The van der Waals surface area contributed by atoms with Crippen molar-refractivity contribution in [1.29, 1.82) is 0 Å². The third-order valence-electron chi connectivity index (χ3n) is 6.22. The minimum Gasteiger partial charge on any atom is -0.324 e. The molecule has 12 heteroatoms. The first-order valence-electron chi connectivity index (χ1n) is 11.3. The van der Waals surface area contributed by atoms with Crippen molar-refractivity contribution < 1.29 is 13.2 Å². The van der Waals surface area contributed by atoms with Gasteiger partial charge in [-0.3, -0.25) is 9.69 Å². The lowest BCUT2D eigenvalue weighted by atomic mass is 9.90. The van der Waals surface area contributed by atoms with Gasteiger partial charge >= 0.3 is 0 Å². The van der Waals surface area contributed by atoms with Crippen LogP contribution < -0.4 is 15.5 Å². The summed E-state index contributed by atoms with van der Waals surface area (Å²) >= 11 is 14.0. The molecule has 3 aromatic rings. The molecule has 2 N–H and O–H groups in total. The van der Waals surface area contributed by atoms with Crippen molar-refractivity contribution in [1.82, 2.24) is 15.3 Å². The molecule has 2 aliphatic rings. The molecule has 1 aromatic heterocycles. The third kappa shape index (κ3) is 5.05. The van der Waals surface area contributed by atoms with Crippen LogP contribution in [-0.2, 0) is 9.84 Å². The second kappa shape index (κ2) is 10.2. The minimum atomic E-state index is -3.44. The number of fused-ring (bicyclic) bond motifs is 1. The van der Waals surface area contributed by atoms with Crippen LogP contribution >= 0.6 is 35.0 Å². The largest absolute Gasteiger partial charge is 0.324 e. The maximum Gasteiger partial charge on any atom is 0.263 e. The van der Waals surface area contributed by atoms with Crippen LogP contribution in [0.5, 0.6) is 0 Å². The number of hydrogen-bond acceptors (Lipinski definition) is 8. The maximum absolute atomic E-state index is 13.2. The lowest BCUT2D eigenvalue weighted by Gasteiger charge is -2.28. The zero-order valence-corrected chi connectivity index (χ0v) is 22.4. The van der Waals surface area contributed by atoms with E-state index < -0.39 is 9.84 Å². The molecule has 0 saturated carbocycles. The normalized spacial score (nSPS) is 16.6. The smallest absolute Gasteiger partial charge is 0.263 e. The van der Waals surface area contributed by atoms with E-state index in [0.717, 1.165) is 31.5 Å². The molecule has 5 rings (SSSR count). The van der Waals surface area contributed by atoms with Gasteiger partial charge in [-0.15, -0.1) is 0 Å². The van der Waals surface area contributed by atoms with Gasteiger partial charge in [0.05, 0.1) is 32.1 Å². The number of benzene rings is 2. The highest BCUT2D eigenvalue weighted by Crippen LogP contribution is 2.39. The maximum atomic E-state index is 13.2. The third-order valence-corrected chi connectivity index (χ3v) is 8.95. The van der Waals surface area contributed by atoms with Crippen LogP contribution in [-0.4, -0.2) is 49.5 Å². The van der Waals surface area contributed by atoms with Crippen molar-refractivity contribution in [2.24, 2.45) is 0 Å². The zero-order chi connectivity index (χ0) is 25.4. The average Bonchev–Trinajstić information content (AvgIpc) is 2.85. The Morgan fingerprint density at radius 3 is 2.56 bits per heavy atom. The molecule has 188 valence electrons.